The first-order valence-corrected chi connectivity index (χ1v) is 9.93. The molecule has 2 heterocycles. The van der Waals surface area contributed by atoms with Crippen LogP contribution in [0.25, 0.3) is 0 Å². The molecule has 2 N–H and O–H groups in total. The monoisotopic (exact) mass is 427 g/mol. The minimum atomic E-state index is -1.03. The minimum Gasteiger partial charge on any atom is -0.495 e. The average molecular weight is 428 g/mol. The van der Waals surface area contributed by atoms with Crippen LogP contribution in [-0.4, -0.2) is 48.5 Å². The zero-order chi connectivity index (χ0) is 20.5. The first-order valence-electron chi connectivity index (χ1n) is 9.18. The molecule has 9 heteroatoms. The molecular weight excluding hydrogens is 405 g/mol. The van der Waals surface area contributed by atoms with Crippen LogP contribution < -0.4 is 15.4 Å². The molecule has 0 saturated carbocycles. The summed E-state index contributed by atoms with van der Waals surface area (Å²) < 4.78 is 5.28. The van der Waals surface area contributed by atoms with E-state index in [1.165, 1.54) is 0 Å². The third-order valence-corrected chi connectivity index (χ3v) is 6.30. The maximum absolute atomic E-state index is 12.6. The number of hydrogen-bond donors (Lipinski definition) is 2. The van der Waals surface area contributed by atoms with Gasteiger partial charge >= 0.3 is 6.03 Å². The molecule has 0 aromatic heterocycles. The van der Waals surface area contributed by atoms with Crippen molar-refractivity contribution in [1.29, 1.82) is 0 Å². The predicted molar refractivity (Wildman–Crippen MR) is 106 cm³/mol. The number of halogens is 2. The zero-order valence-electron chi connectivity index (χ0n) is 15.8. The van der Waals surface area contributed by atoms with Crippen molar-refractivity contribution in [3.8, 4) is 5.75 Å². The summed E-state index contributed by atoms with van der Waals surface area (Å²) in [6, 6.07) is 3.24. The number of methoxy groups -OCH3 is 1. The fraction of sp³-hybridized carbons (Fsp3) is 0.526. The molecule has 0 spiro atoms. The Bertz CT molecular complexity index is 809. The van der Waals surface area contributed by atoms with Crippen molar-refractivity contribution in [3.05, 3.63) is 27.7 Å². The molecule has 2 aliphatic rings. The smallest absolute Gasteiger partial charge is 0.322 e. The summed E-state index contributed by atoms with van der Waals surface area (Å²) in [6.07, 6.45) is 2.09. The molecule has 2 saturated heterocycles. The number of nitrogens with zero attached hydrogens (tertiary/aromatic N) is 1. The van der Waals surface area contributed by atoms with Gasteiger partial charge in [0.15, 0.2) is 0 Å². The van der Waals surface area contributed by atoms with Gasteiger partial charge in [-0.3, -0.25) is 14.9 Å². The van der Waals surface area contributed by atoms with Crippen molar-refractivity contribution in [2.45, 2.75) is 44.1 Å². The van der Waals surface area contributed by atoms with E-state index in [1.807, 2.05) is 17.0 Å². The molecule has 2 aliphatic heterocycles. The van der Waals surface area contributed by atoms with E-state index >= 15 is 0 Å². The summed E-state index contributed by atoms with van der Waals surface area (Å²) in [5, 5.41) is 5.65. The number of rotatable bonds is 5. The number of carbonyl (C=O) groups excluding carboxylic acids is 3. The Morgan fingerprint density at radius 2 is 1.96 bits per heavy atom. The first kappa shape index (κ1) is 20.7. The second kappa shape index (κ2) is 8.17. The van der Waals surface area contributed by atoms with E-state index in [0.29, 0.717) is 28.9 Å². The van der Waals surface area contributed by atoms with Gasteiger partial charge in [-0.25, -0.2) is 4.79 Å². The number of nitrogens with one attached hydrogen (secondary N) is 2. The Morgan fingerprint density at radius 3 is 2.54 bits per heavy atom. The molecule has 7 nitrogen and oxygen atoms in total. The lowest BCUT2D eigenvalue weighted by Gasteiger charge is -2.33. The van der Waals surface area contributed by atoms with Gasteiger partial charge in [-0.05, 0) is 49.8 Å². The van der Waals surface area contributed by atoms with Crippen LogP contribution in [0.2, 0.25) is 10.0 Å². The standard InChI is InChI=1S/C19H23Cl2N3O4/c1-19(17(26)22-18(27)23-19)6-3-15(25)24-7-4-11(5-8-24)12-9-13(20)16(21)14(10-12)28-2/h9-11H,3-8H2,1-2H3,(H2,22,23,26,27). The van der Waals surface area contributed by atoms with Gasteiger partial charge in [-0.2, -0.15) is 0 Å². The van der Waals surface area contributed by atoms with Crippen molar-refractivity contribution in [2.24, 2.45) is 0 Å². The van der Waals surface area contributed by atoms with Crippen LogP contribution in [0.3, 0.4) is 0 Å². The SMILES string of the molecule is COc1cc(C2CCN(C(=O)CCC3(C)NC(=O)NC3=O)CC2)cc(Cl)c1Cl. The highest BCUT2D eigenvalue weighted by atomic mass is 35.5. The van der Waals surface area contributed by atoms with E-state index in [0.717, 1.165) is 18.4 Å². The number of benzene rings is 1. The molecule has 1 atom stereocenters. The van der Waals surface area contributed by atoms with Crippen LogP contribution in [0.4, 0.5) is 4.79 Å². The van der Waals surface area contributed by atoms with Gasteiger partial charge in [0.05, 0.1) is 12.1 Å². The quantitative estimate of drug-likeness (QED) is 0.706. The number of urea groups is 1. The fourth-order valence-corrected chi connectivity index (χ4v) is 4.11. The maximum atomic E-state index is 12.6. The van der Waals surface area contributed by atoms with E-state index in [-0.39, 0.29) is 24.7 Å². The highest BCUT2D eigenvalue weighted by Crippen LogP contribution is 2.38. The predicted octanol–water partition coefficient (Wildman–Crippen LogP) is 3.09. The van der Waals surface area contributed by atoms with Crippen LogP contribution in [-0.2, 0) is 9.59 Å². The minimum absolute atomic E-state index is 0.0136. The summed E-state index contributed by atoms with van der Waals surface area (Å²) in [4.78, 5) is 37.5. The maximum Gasteiger partial charge on any atom is 0.322 e. The number of likely N-dealkylation sites (tertiary alicyclic amines) is 1. The molecule has 3 rings (SSSR count). The number of ether oxygens (including phenoxy) is 1. The molecule has 1 aromatic carbocycles. The Labute approximate surface area is 173 Å². The summed E-state index contributed by atoms with van der Waals surface area (Å²) >= 11 is 12.3. The van der Waals surface area contributed by atoms with Crippen LogP contribution in [0.15, 0.2) is 12.1 Å². The lowest BCUT2D eigenvalue weighted by Crippen LogP contribution is -2.45. The van der Waals surface area contributed by atoms with E-state index in [2.05, 4.69) is 10.6 Å². The summed E-state index contributed by atoms with van der Waals surface area (Å²) in [6.45, 7) is 2.88. The average Bonchev–Trinajstić information content (AvgIpc) is 2.94. The third kappa shape index (κ3) is 4.20. The summed E-state index contributed by atoms with van der Waals surface area (Å²) in [5.74, 6) is 0.413. The molecule has 2 fully saturated rings. The number of hydrogen-bond acceptors (Lipinski definition) is 4. The second-order valence-corrected chi connectivity index (χ2v) is 8.20. The highest BCUT2D eigenvalue weighted by Gasteiger charge is 2.42. The van der Waals surface area contributed by atoms with Gasteiger partial charge in [0.2, 0.25) is 5.91 Å². The van der Waals surface area contributed by atoms with Crippen molar-refractivity contribution < 1.29 is 19.1 Å². The molecular formula is C19H23Cl2N3O4. The van der Waals surface area contributed by atoms with Crippen LogP contribution >= 0.6 is 23.2 Å². The Kier molecular flexibility index (Phi) is 6.05. The Balaban J connectivity index is 1.55. The van der Waals surface area contributed by atoms with Gasteiger partial charge in [0.25, 0.3) is 5.91 Å². The van der Waals surface area contributed by atoms with Gasteiger partial charge in [-0.1, -0.05) is 23.2 Å². The first-order chi connectivity index (χ1) is 13.2. The number of piperidine rings is 1. The zero-order valence-corrected chi connectivity index (χ0v) is 17.3. The van der Waals surface area contributed by atoms with Crippen molar-refractivity contribution >= 4 is 41.0 Å². The lowest BCUT2D eigenvalue weighted by molar-refractivity contribution is -0.133. The second-order valence-electron chi connectivity index (χ2n) is 7.41. The van der Waals surface area contributed by atoms with Gasteiger partial charge in [0.1, 0.15) is 16.3 Å². The van der Waals surface area contributed by atoms with Crippen LogP contribution in [0.1, 0.15) is 44.1 Å². The van der Waals surface area contributed by atoms with Gasteiger partial charge in [0, 0.05) is 19.5 Å². The van der Waals surface area contributed by atoms with Crippen molar-refractivity contribution in [3.63, 3.8) is 0 Å². The molecule has 0 bridgehead atoms. The Hall–Kier alpha value is -1.99. The van der Waals surface area contributed by atoms with E-state index in [1.54, 1.807) is 14.0 Å². The fourth-order valence-electron chi connectivity index (χ4n) is 3.70. The molecule has 1 unspecified atom stereocenters. The van der Waals surface area contributed by atoms with E-state index in [9.17, 15) is 14.4 Å². The molecule has 4 amide bonds. The largest absolute Gasteiger partial charge is 0.495 e. The normalized spacial score (nSPS) is 22.8. The topological polar surface area (TPSA) is 87.7 Å². The molecule has 152 valence electrons. The van der Waals surface area contributed by atoms with Crippen LogP contribution in [0.5, 0.6) is 5.75 Å². The molecule has 0 aliphatic carbocycles. The van der Waals surface area contributed by atoms with Gasteiger partial charge in [-0.15, -0.1) is 0 Å². The summed E-state index contributed by atoms with van der Waals surface area (Å²) in [5.41, 5.74) is 0.0259. The lowest BCUT2D eigenvalue weighted by atomic mass is 9.89. The number of carbonyl (C=O) groups is 3. The highest BCUT2D eigenvalue weighted by molar-refractivity contribution is 6.43. The molecule has 28 heavy (non-hydrogen) atoms. The molecule has 0 radical (unpaired) electrons. The summed E-state index contributed by atoms with van der Waals surface area (Å²) in [7, 11) is 1.55. The van der Waals surface area contributed by atoms with Crippen molar-refractivity contribution in [1.82, 2.24) is 15.5 Å². The Morgan fingerprint density at radius 1 is 1.29 bits per heavy atom. The van der Waals surface area contributed by atoms with Gasteiger partial charge < -0.3 is 15.0 Å². The van der Waals surface area contributed by atoms with E-state index < -0.39 is 17.5 Å². The van der Waals surface area contributed by atoms with E-state index in [4.69, 9.17) is 27.9 Å². The number of amides is 4. The van der Waals surface area contributed by atoms with Crippen LogP contribution in [0, 0.1) is 0 Å². The number of imide groups is 1. The molecule has 1 aromatic rings. The third-order valence-electron chi connectivity index (χ3n) is 5.51. The van der Waals surface area contributed by atoms with Crippen molar-refractivity contribution in [2.75, 3.05) is 20.2 Å².